The maximum Gasteiger partial charge on any atom is 0.410 e. The summed E-state index contributed by atoms with van der Waals surface area (Å²) in [6.07, 6.45) is -0.758. The van der Waals surface area contributed by atoms with Crippen molar-refractivity contribution in [1.29, 1.82) is 0 Å². The zero-order valence-electron chi connectivity index (χ0n) is 15.1. The summed E-state index contributed by atoms with van der Waals surface area (Å²) >= 11 is 5.78. The van der Waals surface area contributed by atoms with Crippen LogP contribution in [0.2, 0.25) is 5.28 Å². The Labute approximate surface area is 156 Å². The van der Waals surface area contributed by atoms with Gasteiger partial charge in [-0.15, -0.1) is 0 Å². The highest BCUT2D eigenvalue weighted by Crippen LogP contribution is 2.23. The normalized spacial score (nSPS) is 20.0. The first kappa shape index (κ1) is 20.2. The number of carbonyl (C=O) groups is 2. The fraction of sp³-hybridized carbons (Fsp3) is 0.625. The fourth-order valence-corrected chi connectivity index (χ4v) is 2.51. The van der Waals surface area contributed by atoms with Gasteiger partial charge < -0.3 is 19.7 Å². The van der Waals surface area contributed by atoms with Crippen molar-refractivity contribution >= 4 is 29.5 Å². The van der Waals surface area contributed by atoms with Crippen molar-refractivity contribution in [3.63, 3.8) is 0 Å². The number of hydrogen-bond donors (Lipinski definition) is 1. The van der Waals surface area contributed by atoms with Crippen LogP contribution in [-0.2, 0) is 9.47 Å². The second-order valence-electron chi connectivity index (χ2n) is 6.77. The van der Waals surface area contributed by atoms with E-state index in [0.717, 1.165) is 0 Å². The zero-order chi connectivity index (χ0) is 19.5. The molecule has 0 aliphatic carbocycles. The van der Waals surface area contributed by atoms with Gasteiger partial charge in [-0.3, -0.25) is 0 Å². The standard InChI is InChI=1S/C16H22ClFN4O4/c1-5-25-13(23)9-6-19-14(17)21-12(9)20-11-8-22(7-10(11)18)15(24)26-16(2,3)4/h6,10-11H,5,7-8H2,1-4H3,(H,19,20,21)/t10-,11-/m1/s1. The number of nitrogens with one attached hydrogen (secondary N) is 1. The zero-order valence-corrected chi connectivity index (χ0v) is 15.8. The molecule has 1 saturated heterocycles. The molecule has 2 atom stereocenters. The van der Waals surface area contributed by atoms with Crippen molar-refractivity contribution in [3.05, 3.63) is 17.0 Å². The van der Waals surface area contributed by atoms with Crippen LogP contribution >= 0.6 is 11.6 Å². The average Bonchev–Trinajstić information content (AvgIpc) is 2.87. The molecule has 1 N–H and O–H groups in total. The lowest BCUT2D eigenvalue weighted by molar-refractivity contribution is 0.0283. The number of hydrogen-bond acceptors (Lipinski definition) is 7. The fourth-order valence-electron chi connectivity index (χ4n) is 2.38. The minimum Gasteiger partial charge on any atom is -0.462 e. The summed E-state index contributed by atoms with van der Waals surface area (Å²) < 4.78 is 24.6. The van der Waals surface area contributed by atoms with Gasteiger partial charge >= 0.3 is 12.1 Å². The van der Waals surface area contributed by atoms with Crippen molar-refractivity contribution in [1.82, 2.24) is 14.9 Å². The van der Waals surface area contributed by atoms with Crippen LogP contribution in [0, 0.1) is 0 Å². The third-order valence-electron chi connectivity index (χ3n) is 3.48. The van der Waals surface area contributed by atoms with Crippen LogP contribution in [0.15, 0.2) is 6.20 Å². The first-order valence-corrected chi connectivity index (χ1v) is 8.56. The van der Waals surface area contributed by atoms with Crippen molar-refractivity contribution in [2.24, 2.45) is 0 Å². The van der Waals surface area contributed by atoms with E-state index in [-0.39, 0.29) is 36.4 Å². The molecule has 1 aliphatic heterocycles. The van der Waals surface area contributed by atoms with Gasteiger partial charge in [-0.25, -0.2) is 19.0 Å². The molecule has 0 unspecified atom stereocenters. The van der Waals surface area contributed by atoms with Crippen molar-refractivity contribution < 1.29 is 23.5 Å². The Balaban J connectivity index is 2.12. The second kappa shape index (κ2) is 8.03. The molecule has 0 spiro atoms. The lowest BCUT2D eigenvalue weighted by Crippen LogP contribution is -2.36. The van der Waals surface area contributed by atoms with E-state index in [4.69, 9.17) is 21.1 Å². The molecule has 0 aromatic carbocycles. The highest BCUT2D eigenvalue weighted by Gasteiger charge is 2.38. The smallest absolute Gasteiger partial charge is 0.410 e. The monoisotopic (exact) mass is 388 g/mol. The van der Waals surface area contributed by atoms with E-state index in [1.807, 2.05) is 0 Å². The highest BCUT2D eigenvalue weighted by molar-refractivity contribution is 6.28. The van der Waals surface area contributed by atoms with Crippen LogP contribution in [0.1, 0.15) is 38.1 Å². The summed E-state index contributed by atoms with van der Waals surface area (Å²) in [6, 6.07) is -0.776. The summed E-state index contributed by atoms with van der Waals surface area (Å²) in [6.45, 7) is 6.96. The summed E-state index contributed by atoms with van der Waals surface area (Å²) in [5.41, 5.74) is -0.634. The third-order valence-corrected chi connectivity index (χ3v) is 3.66. The van der Waals surface area contributed by atoms with Gasteiger partial charge in [0.2, 0.25) is 5.28 Å². The Morgan fingerprint density at radius 1 is 1.42 bits per heavy atom. The number of rotatable bonds is 4. The molecule has 0 saturated carbocycles. The predicted octanol–water partition coefficient (Wildman–Crippen LogP) is 2.68. The minimum absolute atomic E-state index is 0.0409. The second-order valence-corrected chi connectivity index (χ2v) is 7.11. The number of halogens is 2. The quantitative estimate of drug-likeness (QED) is 0.626. The molecule has 1 aromatic rings. The topological polar surface area (TPSA) is 93.6 Å². The molecule has 0 bridgehead atoms. The number of esters is 1. The summed E-state index contributed by atoms with van der Waals surface area (Å²) in [7, 11) is 0. The molecular formula is C16H22ClFN4O4. The molecule has 144 valence electrons. The minimum atomic E-state index is -1.37. The molecule has 1 fully saturated rings. The number of anilines is 1. The van der Waals surface area contributed by atoms with Crippen molar-refractivity contribution in [3.8, 4) is 0 Å². The summed E-state index contributed by atoms with van der Waals surface area (Å²) in [4.78, 5) is 33.1. The number of ether oxygens (including phenoxy) is 2. The maximum absolute atomic E-state index is 14.4. The third kappa shape index (κ3) is 5.17. The van der Waals surface area contributed by atoms with Crippen LogP contribution in [0.4, 0.5) is 15.0 Å². The van der Waals surface area contributed by atoms with E-state index in [1.54, 1.807) is 27.7 Å². The van der Waals surface area contributed by atoms with Crippen LogP contribution in [0.25, 0.3) is 0 Å². The largest absolute Gasteiger partial charge is 0.462 e. The molecular weight excluding hydrogens is 367 g/mol. The van der Waals surface area contributed by atoms with Gasteiger partial charge in [-0.1, -0.05) is 0 Å². The van der Waals surface area contributed by atoms with Gasteiger partial charge in [-0.05, 0) is 39.3 Å². The Morgan fingerprint density at radius 2 is 2.12 bits per heavy atom. The Bertz CT molecular complexity index is 683. The summed E-state index contributed by atoms with van der Waals surface area (Å²) in [5.74, 6) is -0.591. The Morgan fingerprint density at radius 3 is 2.73 bits per heavy atom. The maximum atomic E-state index is 14.4. The molecule has 2 rings (SSSR count). The number of alkyl halides is 1. The van der Waals surface area contributed by atoms with Gasteiger partial charge in [0, 0.05) is 12.7 Å². The lowest BCUT2D eigenvalue weighted by atomic mass is 10.2. The van der Waals surface area contributed by atoms with Crippen LogP contribution < -0.4 is 5.32 Å². The van der Waals surface area contributed by atoms with E-state index in [0.29, 0.717) is 0 Å². The molecule has 1 aliphatic rings. The average molecular weight is 389 g/mol. The summed E-state index contributed by atoms with van der Waals surface area (Å²) in [5, 5.41) is 2.73. The van der Waals surface area contributed by atoms with E-state index in [2.05, 4.69) is 15.3 Å². The van der Waals surface area contributed by atoms with Crippen LogP contribution in [-0.4, -0.2) is 64.4 Å². The molecule has 2 heterocycles. The molecule has 8 nitrogen and oxygen atoms in total. The predicted molar refractivity (Wildman–Crippen MR) is 93.1 cm³/mol. The number of amides is 1. The van der Waals surface area contributed by atoms with E-state index in [1.165, 1.54) is 11.1 Å². The number of aromatic nitrogens is 2. The first-order valence-electron chi connectivity index (χ1n) is 8.19. The Kier molecular flexibility index (Phi) is 6.22. The van der Waals surface area contributed by atoms with Crippen molar-refractivity contribution in [2.75, 3.05) is 25.0 Å². The number of carbonyl (C=O) groups excluding carboxylic acids is 2. The molecule has 0 radical (unpaired) electrons. The van der Waals surface area contributed by atoms with Gasteiger partial charge in [0.05, 0.1) is 19.2 Å². The lowest BCUT2D eigenvalue weighted by Gasteiger charge is -2.24. The highest BCUT2D eigenvalue weighted by atomic mass is 35.5. The Hall–Kier alpha value is -2.16. The van der Waals surface area contributed by atoms with Gasteiger partial charge in [0.1, 0.15) is 23.2 Å². The van der Waals surface area contributed by atoms with Crippen LogP contribution in [0.5, 0.6) is 0 Å². The van der Waals surface area contributed by atoms with Gasteiger partial charge in [-0.2, -0.15) is 4.98 Å². The first-order chi connectivity index (χ1) is 12.1. The molecule has 10 heteroatoms. The van der Waals surface area contributed by atoms with Crippen LogP contribution in [0.3, 0.4) is 0 Å². The molecule has 26 heavy (non-hydrogen) atoms. The van der Waals surface area contributed by atoms with E-state index >= 15 is 0 Å². The van der Waals surface area contributed by atoms with Gasteiger partial charge in [0.15, 0.2) is 0 Å². The van der Waals surface area contributed by atoms with E-state index in [9.17, 15) is 14.0 Å². The number of likely N-dealkylation sites (tertiary alicyclic amines) is 1. The van der Waals surface area contributed by atoms with E-state index < -0.39 is 29.9 Å². The molecule has 1 amide bonds. The SMILES string of the molecule is CCOC(=O)c1cnc(Cl)nc1N[C@@H]1CN(C(=O)OC(C)(C)C)C[C@H]1F. The van der Waals surface area contributed by atoms with Gasteiger partial charge in [0.25, 0.3) is 0 Å². The number of nitrogens with zero attached hydrogens (tertiary/aromatic N) is 3. The van der Waals surface area contributed by atoms with Crippen molar-refractivity contribution in [2.45, 2.75) is 45.5 Å². The molecule has 1 aromatic heterocycles.